The number of rotatable bonds is 0. The highest BCUT2D eigenvalue weighted by Gasteiger charge is 2.19. The van der Waals surface area contributed by atoms with E-state index < -0.39 is 6.09 Å². The molecule has 3 aliphatic rings. The first-order chi connectivity index (χ1) is 8.77. The van der Waals surface area contributed by atoms with Crippen molar-refractivity contribution in [1.82, 2.24) is 10.6 Å². The Morgan fingerprint density at radius 2 is 2.22 bits per heavy atom. The Morgan fingerprint density at radius 1 is 1.44 bits per heavy atom. The molecule has 4 N–H and O–H groups in total. The van der Waals surface area contributed by atoms with Crippen LogP contribution in [0, 0.1) is 0 Å². The Balaban J connectivity index is 0.000000134. The van der Waals surface area contributed by atoms with Crippen molar-refractivity contribution in [2.24, 2.45) is 4.99 Å². The van der Waals surface area contributed by atoms with Gasteiger partial charge < -0.3 is 21.1 Å². The van der Waals surface area contributed by atoms with E-state index in [0.717, 1.165) is 31.0 Å². The predicted octanol–water partition coefficient (Wildman–Crippen LogP) is -1.12. The molecule has 98 valence electrons. The van der Waals surface area contributed by atoms with Gasteiger partial charge in [-0.05, 0) is 6.20 Å². The van der Waals surface area contributed by atoms with E-state index in [1.54, 1.807) is 12.4 Å². The first kappa shape index (κ1) is 12.6. The molecule has 3 rings (SSSR count). The highest BCUT2D eigenvalue weighted by molar-refractivity contribution is 5.86. The topological polar surface area (TPSA) is 92.3 Å². The summed E-state index contributed by atoms with van der Waals surface area (Å²) in [5.74, 6) is 0. The summed E-state index contributed by atoms with van der Waals surface area (Å²) in [5.41, 5.74) is 2.08. The molecular weight excluding hydrogens is 234 g/mol. The van der Waals surface area contributed by atoms with E-state index in [1.165, 1.54) is 0 Å². The fraction of sp³-hybridized carbons (Fsp3) is 0.455. The molecular formula is C11H17N5O2. The van der Waals surface area contributed by atoms with Gasteiger partial charge in [0.1, 0.15) is 0 Å². The van der Waals surface area contributed by atoms with Crippen LogP contribution in [-0.4, -0.2) is 50.1 Å². The largest absolute Gasteiger partial charge is 0.660 e. The molecule has 1 amide bonds. The van der Waals surface area contributed by atoms with Crippen molar-refractivity contribution < 1.29 is 14.8 Å². The lowest BCUT2D eigenvalue weighted by Crippen LogP contribution is -3.17. The van der Waals surface area contributed by atoms with Gasteiger partial charge in [-0.2, -0.15) is 11.0 Å². The maximum absolute atomic E-state index is 10.3. The van der Waals surface area contributed by atoms with Gasteiger partial charge in [-0.3, -0.25) is 4.99 Å². The number of hydrogen-bond donors (Lipinski definition) is 4. The van der Waals surface area contributed by atoms with E-state index in [2.05, 4.69) is 20.9 Å². The average molecular weight is 251 g/mol. The molecule has 7 heteroatoms. The second-order valence-electron chi connectivity index (χ2n) is 4.08. The molecule has 0 spiro atoms. The SMILES string of the molecule is C1=CNC2=C(C=NC2)[N-]1.O=C(O)[NH+]1CCNCC1. The molecule has 0 aromatic heterocycles. The van der Waals surface area contributed by atoms with Gasteiger partial charge >= 0.3 is 6.09 Å². The van der Waals surface area contributed by atoms with Gasteiger partial charge in [0.25, 0.3) is 0 Å². The van der Waals surface area contributed by atoms with E-state index in [9.17, 15) is 4.79 Å². The molecule has 1 fully saturated rings. The Bertz CT molecular complexity index is 396. The molecule has 0 radical (unpaired) electrons. The van der Waals surface area contributed by atoms with Crippen LogP contribution in [0.4, 0.5) is 4.79 Å². The Kier molecular flexibility index (Phi) is 4.32. The normalized spacial score (nSPS) is 21.6. The van der Waals surface area contributed by atoms with E-state index >= 15 is 0 Å². The molecule has 0 aromatic carbocycles. The lowest BCUT2D eigenvalue weighted by Gasteiger charge is -2.22. The van der Waals surface area contributed by atoms with Crippen LogP contribution >= 0.6 is 0 Å². The first-order valence-electron chi connectivity index (χ1n) is 5.91. The van der Waals surface area contributed by atoms with Crippen molar-refractivity contribution in [2.45, 2.75) is 0 Å². The summed E-state index contributed by atoms with van der Waals surface area (Å²) < 4.78 is 0. The zero-order valence-electron chi connectivity index (χ0n) is 10.0. The van der Waals surface area contributed by atoms with Crippen molar-refractivity contribution in [3.63, 3.8) is 0 Å². The number of piperazine rings is 1. The number of hydrogen-bond acceptors (Lipinski definition) is 4. The van der Waals surface area contributed by atoms with Crippen LogP contribution in [0.15, 0.2) is 28.8 Å². The molecule has 1 saturated heterocycles. The number of carbonyl (C=O) groups is 1. The summed E-state index contributed by atoms with van der Waals surface area (Å²) in [6.07, 6.45) is 4.60. The lowest BCUT2D eigenvalue weighted by molar-refractivity contribution is -0.825. The van der Waals surface area contributed by atoms with Crippen LogP contribution in [0.3, 0.4) is 0 Å². The smallest absolute Gasteiger partial charge is 0.511 e. The van der Waals surface area contributed by atoms with E-state index in [-0.39, 0.29) is 0 Å². The summed E-state index contributed by atoms with van der Waals surface area (Å²) >= 11 is 0. The third kappa shape index (κ3) is 3.31. The number of quaternary nitrogens is 1. The number of carboxylic acid groups (broad SMARTS) is 1. The molecule has 0 atom stereocenters. The summed E-state index contributed by atoms with van der Waals surface area (Å²) in [5, 5.41) is 18.7. The number of nitrogens with one attached hydrogen (secondary N) is 3. The molecule has 3 aliphatic heterocycles. The van der Waals surface area contributed by atoms with Gasteiger partial charge in [-0.15, -0.1) is 0 Å². The molecule has 0 aliphatic carbocycles. The van der Waals surface area contributed by atoms with Crippen LogP contribution in [0.1, 0.15) is 0 Å². The van der Waals surface area contributed by atoms with Crippen molar-refractivity contribution in [1.29, 1.82) is 0 Å². The summed E-state index contributed by atoms with van der Waals surface area (Å²) in [6, 6.07) is 0. The maximum atomic E-state index is 10.3. The monoisotopic (exact) mass is 251 g/mol. The van der Waals surface area contributed by atoms with Gasteiger partial charge in [-0.1, -0.05) is 5.70 Å². The van der Waals surface area contributed by atoms with Crippen molar-refractivity contribution in [3.05, 3.63) is 29.1 Å². The van der Waals surface area contributed by atoms with Crippen LogP contribution in [0.5, 0.6) is 0 Å². The third-order valence-electron chi connectivity index (χ3n) is 2.83. The molecule has 0 unspecified atom stereocenters. The molecule has 7 nitrogen and oxygen atoms in total. The summed E-state index contributed by atoms with van der Waals surface area (Å²) in [7, 11) is 0. The number of amides is 1. The highest BCUT2D eigenvalue weighted by Crippen LogP contribution is 2.16. The van der Waals surface area contributed by atoms with Crippen LogP contribution in [0.25, 0.3) is 5.32 Å². The Labute approximate surface area is 105 Å². The first-order valence-corrected chi connectivity index (χ1v) is 5.91. The van der Waals surface area contributed by atoms with Crippen LogP contribution in [0.2, 0.25) is 0 Å². The van der Waals surface area contributed by atoms with Crippen molar-refractivity contribution >= 4 is 12.3 Å². The molecule has 3 heterocycles. The van der Waals surface area contributed by atoms with E-state index in [0.29, 0.717) is 18.0 Å². The zero-order chi connectivity index (χ0) is 12.8. The minimum Gasteiger partial charge on any atom is -0.660 e. The van der Waals surface area contributed by atoms with Crippen molar-refractivity contribution in [2.75, 3.05) is 32.7 Å². The van der Waals surface area contributed by atoms with Crippen LogP contribution in [-0.2, 0) is 0 Å². The average Bonchev–Trinajstić information content (AvgIpc) is 2.89. The standard InChI is InChI=1S/C6H6N3.C5H10N2O2/c1-2-9-6-4-7-3-5(6)8-1;8-5(9)7-3-1-6-2-4-7/h1-3,9H,4H2;6H,1-4H2,(H,8,9)/q-1;/p+1. The van der Waals surface area contributed by atoms with Gasteiger partial charge in [0, 0.05) is 25.0 Å². The van der Waals surface area contributed by atoms with Crippen LogP contribution < -0.4 is 15.5 Å². The molecule has 0 aromatic rings. The lowest BCUT2D eigenvalue weighted by atomic mass is 10.3. The highest BCUT2D eigenvalue weighted by atomic mass is 16.4. The number of nitrogens with zero attached hydrogens (tertiary/aromatic N) is 2. The van der Waals surface area contributed by atoms with Crippen molar-refractivity contribution in [3.8, 4) is 0 Å². The fourth-order valence-electron chi connectivity index (χ4n) is 1.81. The van der Waals surface area contributed by atoms with E-state index in [4.69, 9.17) is 5.11 Å². The predicted molar refractivity (Wildman–Crippen MR) is 67.6 cm³/mol. The minimum atomic E-state index is -0.725. The quantitative estimate of drug-likeness (QED) is 0.439. The number of allylic oxidation sites excluding steroid dienone is 1. The van der Waals surface area contributed by atoms with E-state index in [1.807, 2.05) is 6.20 Å². The second-order valence-corrected chi connectivity index (χ2v) is 4.08. The summed E-state index contributed by atoms with van der Waals surface area (Å²) in [4.78, 5) is 15.0. The molecule has 18 heavy (non-hydrogen) atoms. The Morgan fingerprint density at radius 3 is 2.83 bits per heavy atom. The van der Waals surface area contributed by atoms with Gasteiger partial charge in [0.05, 0.1) is 19.6 Å². The second kappa shape index (κ2) is 6.18. The minimum absolute atomic E-state index is 0.661. The third-order valence-corrected chi connectivity index (χ3v) is 2.83. The van der Waals surface area contributed by atoms with Gasteiger partial charge in [0.2, 0.25) is 0 Å². The van der Waals surface area contributed by atoms with Gasteiger partial charge in [0.15, 0.2) is 0 Å². The fourth-order valence-corrected chi connectivity index (χ4v) is 1.81. The Hall–Kier alpha value is -1.86. The molecule has 0 saturated carbocycles. The zero-order valence-corrected chi connectivity index (χ0v) is 10.0. The maximum Gasteiger partial charge on any atom is 0.511 e. The number of aliphatic imine (C=N–C) groups is 1. The molecule has 0 bridgehead atoms. The van der Waals surface area contributed by atoms with Gasteiger partial charge in [-0.25, -0.2) is 4.90 Å². The summed E-state index contributed by atoms with van der Waals surface area (Å²) in [6.45, 7) is 3.80.